The zero-order valence-corrected chi connectivity index (χ0v) is 13.6. The van der Waals surface area contributed by atoms with Crippen LogP contribution in [0.25, 0.3) is 0 Å². The Morgan fingerprint density at radius 1 is 1.41 bits per heavy atom. The molecule has 0 spiro atoms. The predicted octanol–water partition coefficient (Wildman–Crippen LogP) is 1.60. The van der Waals surface area contributed by atoms with Gasteiger partial charge in [0.25, 0.3) is 0 Å². The number of carbonyl (C=O) groups excluding carboxylic acids is 2. The van der Waals surface area contributed by atoms with Crippen molar-refractivity contribution >= 4 is 17.6 Å². The molecule has 2 N–H and O–H groups in total. The third kappa shape index (κ3) is 5.56. The smallest absolute Gasteiger partial charge is 0.227 e. The lowest BCUT2D eigenvalue weighted by Crippen LogP contribution is -2.36. The lowest BCUT2D eigenvalue weighted by molar-refractivity contribution is -0.128. The first-order valence-electron chi connectivity index (χ1n) is 7.23. The summed E-state index contributed by atoms with van der Waals surface area (Å²) in [5.74, 6) is 0.280. The summed E-state index contributed by atoms with van der Waals surface area (Å²) in [4.78, 5) is 23.6. The Hall–Kier alpha value is -2.36. The van der Waals surface area contributed by atoms with Crippen LogP contribution in [-0.2, 0) is 16.1 Å². The summed E-state index contributed by atoms with van der Waals surface area (Å²) in [6.07, 6.45) is 0.510. The van der Waals surface area contributed by atoms with Gasteiger partial charge in [0.2, 0.25) is 11.8 Å². The predicted molar refractivity (Wildman–Crippen MR) is 82.9 cm³/mol. The molecule has 0 aliphatic carbocycles. The van der Waals surface area contributed by atoms with Crippen LogP contribution in [0.15, 0.2) is 6.07 Å². The molecule has 22 heavy (non-hydrogen) atoms. The third-order valence-corrected chi connectivity index (χ3v) is 2.92. The minimum absolute atomic E-state index is 0.0878. The monoisotopic (exact) mass is 305 g/mol. The van der Waals surface area contributed by atoms with E-state index in [2.05, 4.69) is 15.7 Å². The molecule has 0 aliphatic rings. The zero-order chi connectivity index (χ0) is 16.8. The van der Waals surface area contributed by atoms with E-state index < -0.39 is 5.41 Å². The van der Waals surface area contributed by atoms with Crippen molar-refractivity contribution in [1.29, 1.82) is 5.26 Å². The molecule has 1 aromatic rings. The van der Waals surface area contributed by atoms with Crippen LogP contribution in [0.5, 0.6) is 0 Å². The molecule has 7 nitrogen and oxygen atoms in total. The molecule has 0 radical (unpaired) electrons. The van der Waals surface area contributed by atoms with Gasteiger partial charge in [-0.05, 0) is 6.92 Å². The SMILES string of the molecule is Cc1cc(NC(=O)CCNC(=O)C(C)(C)C)n(CCC#N)n1. The van der Waals surface area contributed by atoms with E-state index in [0.29, 0.717) is 18.8 Å². The lowest BCUT2D eigenvalue weighted by Gasteiger charge is -2.17. The van der Waals surface area contributed by atoms with E-state index in [1.54, 1.807) is 10.7 Å². The van der Waals surface area contributed by atoms with Crippen molar-refractivity contribution in [1.82, 2.24) is 15.1 Å². The number of anilines is 1. The number of hydrogen-bond acceptors (Lipinski definition) is 4. The van der Waals surface area contributed by atoms with E-state index >= 15 is 0 Å². The van der Waals surface area contributed by atoms with Crippen LogP contribution >= 0.6 is 0 Å². The highest BCUT2D eigenvalue weighted by Gasteiger charge is 2.20. The highest BCUT2D eigenvalue weighted by molar-refractivity contribution is 5.90. The first-order valence-corrected chi connectivity index (χ1v) is 7.23. The largest absolute Gasteiger partial charge is 0.355 e. The van der Waals surface area contributed by atoms with E-state index in [4.69, 9.17) is 5.26 Å². The Kier molecular flexibility index (Phi) is 6.11. The number of rotatable bonds is 6. The van der Waals surface area contributed by atoms with E-state index in [-0.39, 0.29) is 24.8 Å². The van der Waals surface area contributed by atoms with Crippen LogP contribution in [0.1, 0.15) is 39.3 Å². The third-order valence-electron chi connectivity index (χ3n) is 2.92. The second kappa shape index (κ2) is 7.59. The molecule has 0 unspecified atom stereocenters. The molecule has 1 rings (SSSR count). The molecule has 0 aromatic carbocycles. The van der Waals surface area contributed by atoms with Crippen LogP contribution < -0.4 is 10.6 Å². The van der Waals surface area contributed by atoms with Crippen LogP contribution in [0.4, 0.5) is 5.82 Å². The Labute approximate surface area is 130 Å². The molecule has 2 amide bonds. The van der Waals surface area contributed by atoms with Gasteiger partial charge >= 0.3 is 0 Å². The first kappa shape index (κ1) is 17.7. The first-order chi connectivity index (χ1) is 10.2. The molecule has 120 valence electrons. The van der Waals surface area contributed by atoms with E-state index in [0.717, 1.165) is 5.69 Å². The van der Waals surface area contributed by atoms with Gasteiger partial charge in [0.1, 0.15) is 5.82 Å². The lowest BCUT2D eigenvalue weighted by atomic mass is 9.96. The quantitative estimate of drug-likeness (QED) is 0.833. The van der Waals surface area contributed by atoms with Crippen molar-refractivity contribution in [2.75, 3.05) is 11.9 Å². The summed E-state index contributed by atoms with van der Waals surface area (Å²) in [6.45, 7) is 7.99. The maximum absolute atomic E-state index is 11.9. The second-order valence-corrected chi connectivity index (χ2v) is 6.11. The molecule has 1 aromatic heterocycles. The number of nitrogens with one attached hydrogen (secondary N) is 2. The van der Waals surface area contributed by atoms with Gasteiger partial charge in [0.15, 0.2) is 0 Å². The summed E-state index contributed by atoms with van der Waals surface area (Å²) in [7, 11) is 0. The van der Waals surface area contributed by atoms with Gasteiger partial charge in [-0.3, -0.25) is 9.59 Å². The van der Waals surface area contributed by atoms with Gasteiger partial charge in [-0.15, -0.1) is 0 Å². The number of nitriles is 1. The van der Waals surface area contributed by atoms with E-state index in [1.165, 1.54) is 0 Å². The fourth-order valence-corrected chi connectivity index (χ4v) is 1.73. The Morgan fingerprint density at radius 3 is 2.68 bits per heavy atom. The molecule has 0 saturated carbocycles. The molecule has 0 saturated heterocycles. The summed E-state index contributed by atoms with van der Waals surface area (Å²) < 4.78 is 1.60. The standard InChI is InChI=1S/C15H23N5O2/c1-11-10-12(20(19-11)9-5-7-16)18-13(21)6-8-17-14(22)15(2,3)4/h10H,5-6,8-9H2,1-4H3,(H,17,22)(H,18,21). The number of aromatic nitrogens is 2. The zero-order valence-electron chi connectivity index (χ0n) is 13.6. The van der Waals surface area contributed by atoms with Crippen molar-refractivity contribution in [2.24, 2.45) is 5.41 Å². The molecule has 0 atom stereocenters. The van der Waals surface area contributed by atoms with Crippen LogP contribution in [0.2, 0.25) is 0 Å². The Bertz CT molecular complexity index is 578. The number of amides is 2. The maximum atomic E-state index is 11.9. The highest BCUT2D eigenvalue weighted by atomic mass is 16.2. The summed E-state index contributed by atoms with van der Waals surface area (Å²) in [5.41, 5.74) is 0.304. The molecular weight excluding hydrogens is 282 g/mol. The van der Waals surface area contributed by atoms with Gasteiger partial charge in [-0.25, -0.2) is 4.68 Å². The minimum Gasteiger partial charge on any atom is -0.355 e. The number of carbonyl (C=O) groups is 2. The van der Waals surface area contributed by atoms with Crippen LogP contribution in [0, 0.1) is 23.7 Å². The van der Waals surface area contributed by atoms with Crippen molar-refractivity contribution in [3.05, 3.63) is 11.8 Å². The summed E-state index contributed by atoms with van der Waals surface area (Å²) >= 11 is 0. The van der Waals surface area contributed by atoms with Crippen molar-refractivity contribution in [2.45, 2.75) is 47.1 Å². The summed E-state index contributed by atoms with van der Waals surface area (Å²) in [5, 5.41) is 18.3. The summed E-state index contributed by atoms with van der Waals surface area (Å²) in [6, 6.07) is 3.80. The van der Waals surface area contributed by atoms with Crippen molar-refractivity contribution in [3.63, 3.8) is 0 Å². The number of hydrogen-bond donors (Lipinski definition) is 2. The van der Waals surface area contributed by atoms with E-state index in [9.17, 15) is 9.59 Å². The average molecular weight is 305 g/mol. The molecule has 1 heterocycles. The Morgan fingerprint density at radius 2 is 2.09 bits per heavy atom. The Balaban J connectivity index is 2.49. The van der Waals surface area contributed by atoms with Crippen LogP contribution in [0.3, 0.4) is 0 Å². The maximum Gasteiger partial charge on any atom is 0.227 e. The van der Waals surface area contributed by atoms with E-state index in [1.807, 2.05) is 33.8 Å². The van der Waals surface area contributed by atoms with Gasteiger partial charge in [-0.2, -0.15) is 10.4 Å². The molecular formula is C15H23N5O2. The van der Waals surface area contributed by atoms with Crippen LogP contribution in [-0.4, -0.2) is 28.1 Å². The number of aryl methyl sites for hydroxylation is 2. The number of nitrogens with zero attached hydrogens (tertiary/aromatic N) is 3. The fourth-order valence-electron chi connectivity index (χ4n) is 1.73. The van der Waals surface area contributed by atoms with Crippen molar-refractivity contribution < 1.29 is 9.59 Å². The van der Waals surface area contributed by atoms with Crippen molar-refractivity contribution in [3.8, 4) is 6.07 Å². The minimum atomic E-state index is -0.469. The fraction of sp³-hybridized carbons (Fsp3) is 0.600. The van der Waals surface area contributed by atoms with Gasteiger partial charge in [-0.1, -0.05) is 20.8 Å². The van der Waals surface area contributed by atoms with Gasteiger partial charge < -0.3 is 10.6 Å². The normalized spacial score (nSPS) is 10.9. The molecule has 0 fully saturated rings. The highest BCUT2D eigenvalue weighted by Crippen LogP contribution is 2.13. The topological polar surface area (TPSA) is 99.8 Å². The molecule has 0 aliphatic heterocycles. The molecule has 0 bridgehead atoms. The van der Waals surface area contributed by atoms with Gasteiger partial charge in [0, 0.05) is 24.4 Å². The average Bonchev–Trinajstić information content (AvgIpc) is 2.75. The second-order valence-electron chi connectivity index (χ2n) is 6.11. The molecule has 7 heteroatoms. The van der Waals surface area contributed by atoms with Gasteiger partial charge in [0.05, 0.1) is 24.7 Å².